The van der Waals surface area contributed by atoms with Crippen molar-refractivity contribution in [3.63, 3.8) is 0 Å². The third kappa shape index (κ3) is 4.03. The van der Waals surface area contributed by atoms with Gasteiger partial charge in [-0.05, 0) is 50.6 Å². The number of piperidine rings is 1. The van der Waals surface area contributed by atoms with Crippen molar-refractivity contribution in [1.82, 2.24) is 20.2 Å². The molecule has 5 nitrogen and oxygen atoms in total. The monoisotopic (exact) mass is 362 g/mol. The first-order chi connectivity index (χ1) is 13.2. The minimum absolute atomic E-state index is 0.112. The van der Waals surface area contributed by atoms with Gasteiger partial charge in [0.15, 0.2) is 0 Å². The van der Waals surface area contributed by atoms with Crippen LogP contribution in [0.3, 0.4) is 0 Å². The van der Waals surface area contributed by atoms with E-state index in [-0.39, 0.29) is 11.9 Å². The number of hydrogen-bond donors (Lipinski definition) is 2. The molecule has 140 valence electrons. The Bertz CT molecular complexity index is 918. The van der Waals surface area contributed by atoms with Gasteiger partial charge < -0.3 is 10.6 Å². The maximum absolute atomic E-state index is 12.5. The molecule has 0 saturated carbocycles. The Hall–Kier alpha value is -2.66. The van der Waals surface area contributed by atoms with Crippen LogP contribution in [-0.4, -0.2) is 34.1 Å². The maximum Gasteiger partial charge on any atom is 0.220 e. The summed E-state index contributed by atoms with van der Waals surface area (Å²) >= 11 is 0. The fourth-order valence-corrected chi connectivity index (χ4v) is 3.90. The zero-order valence-corrected chi connectivity index (χ0v) is 15.7. The second-order valence-electron chi connectivity index (χ2n) is 7.33. The van der Waals surface area contributed by atoms with Gasteiger partial charge in [-0.2, -0.15) is 0 Å². The molecule has 1 aromatic heterocycles. The fraction of sp³-hybridized carbons (Fsp3) is 0.364. The van der Waals surface area contributed by atoms with Crippen LogP contribution in [0, 0.1) is 0 Å². The van der Waals surface area contributed by atoms with Crippen molar-refractivity contribution in [3.8, 4) is 5.69 Å². The highest BCUT2D eigenvalue weighted by Gasteiger charge is 2.20. The first-order valence-corrected chi connectivity index (χ1v) is 9.75. The lowest BCUT2D eigenvalue weighted by Gasteiger charge is -2.28. The molecule has 4 rings (SSSR count). The van der Waals surface area contributed by atoms with Gasteiger partial charge in [0.05, 0.1) is 11.0 Å². The summed E-state index contributed by atoms with van der Waals surface area (Å²) in [7, 11) is 0. The minimum atomic E-state index is 0.112. The molecule has 1 saturated heterocycles. The van der Waals surface area contributed by atoms with E-state index in [9.17, 15) is 4.79 Å². The predicted molar refractivity (Wildman–Crippen MR) is 108 cm³/mol. The van der Waals surface area contributed by atoms with Gasteiger partial charge in [-0.3, -0.25) is 9.36 Å². The molecule has 5 heteroatoms. The first-order valence-electron chi connectivity index (χ1n) is 9.75. The number of aryl methyl sites for hydroxylation is 1. The smallest absolute Gasteiger partial charge is 0.220 e. The van der Waals surface area contributed by atoms with E-state index >= 15 is 0 Å². The number of amides is 1. The van der Waals surface area contributed by atoms with E-state index in [0.717, 1.165) is 41.9 Å². The molecule has 0 spiro atoms. The average Bonchev–Trinajstić information content (AvgIpc) is 3.05. The second kappa shape index (κ2) is 7.92. The van der Waals surface area contributed by atoms with Crippen LogP contribution in [0.25, 0.3) is 16.7 Å². The van der Waals surface area contributed by atoms with E-state index in [0.29, 0.717) is 18.9 Å². The number of rotatable bonds is 5. The van der Waals surface area contributed by atoms with Gasteiger partial charge in [0.1, 0.15) is 5.82 Å². The summed E-state index contributed by atoms with van der Waals surface area (Å²) in [5.41, 5.74) is 3.11. The molecular weight excluding hydrogens is 336 g/mol. The molecule has 3 aromatic rings. The van der Waals surface area contributed by atoms with Gasteiger partial charge in [-0.1, -0.05) is 30.3 Å². The molecule has 1 fully saturated rings. The molecular formula is C22H26N4O. The Morgan fingerprint density at radius 3 is 2.78 bits per heavy atom. The van der Waals surface area contributed by atoms with Crippen molar-refractivity contribution in [3.05, 3.63) is 60.4 Å². The van der Waals surface area contributed by atoms with Crippen LogP contribution >= 0.6 is 0 Å². The third-order valence-corrected chi connectivity index (χ3v) is 5.21. The van der Waals surface area contributed by atoms with E-state index in [2.05, 4.69) is 40.3 Å². The number of benzene rings is 2. The lowest BCUT2D eigenvalue weighted by Crippen LogP contribution is -2.46. The number of carbonyl (C=O) groups is 1. The molecule has 2 N–H and O–H groups in total. The Balaban J connectivity index is 1.51. The summed E-state index contributed by atoms with van der Waals surface area (Å²) < 4.78 is 2.16. The quantitative estimate of drug-likeness (QED) is 0.733. The Kier molecular flexibility index (Phi) is 5.21. The lowest BCUT2D eigenvalue weighted by molar-refractivity contribution is -0.122. The van der Waals surface area contributed by atoms with E-state index < -0.39 is 0 Å². The van der Waals surface area contributed by atoms with Crippen molar-refractivity contribution in [2.75, 3.05) is 6.54 Å². The van der Waals surface area contributed by atoms with Crippen molar-refractivity contribution < 1.29 is 4.79 Å². The molecule has 1 aliphatic rings. The molecule has 2 aromatic carbocycles. The van der Waals surface area contributed by atoms with Gasteiger partial charge >= 0.3 is 0 Å². The fourth-order valence-electron chi connectivity index (χ4n) is 3.90. The highest BCUT2D eigenvalue weighted by molar-refractivity contribution is 5.79. The largest absolute Gasteiger partial charge is 0.353 e. The van der Waals surface area contributed by atoms with E-state index in [1.54, 1.807) is 0 Å². The summed E-state index contributed by atoms with van der Waals surface area (Å²) in [5.74, 6) is 1.04. The van der Waals surface area contributed by atoms with Crippen LogP contribution in [0.4, 0.5) is 0 Å². The minimum Gasteiger partial charge on any atom is -0.353 e. The Morgan fingerprint density at radius 2 is 1.96 bits per heavy atom. The third-order valence-electron chi connectivity index (χ3n) is 5.21. The molecule has 2 unspecified atom stereocenters. The van der Waals surface area contributed by atoms with E-state index in [1.165, 1.54) is 0 Å². The standard InChI is InChI=1S/C22H26N4O/c1-16-15-17(13-14-23-16)24-22(27)12-11-21-25-19-9-5-6-10-20(19)26(21)18-7-3-2-4-8-18/h2-10,16-17,23H,11-15H2,1H3,(H,24,27). The van der Waals surface area contributed by atoms with Crippen LogP contribution in [0.2, 0.25) is 0 Å². The normalized spacial score (nSPS) is 19.9. The molecule has 0 bridgehead atoms. The number of fused-ring (bicyclic) bond motifs is 1. The Morgan fingerprint density at radius 1 is 1.19 bits per heavy atom. The number of para-hydroxylation sites is 3. The van der Waals surface area contributed by atoms with Gasteiger partial charge in [-0.15, -0.1) is 0 Å². The summed E-state index contributed by atoms with van der Waals surface area (Å²) in [6.45, 7) is 3.14. The molecule has 27 heavy (non-hydrogen) atoms. The molecule has 1 aliphatic heterocycles. The zero-order valence-electron chi connectivity index (χ0n) is 15.7. The van der Waals surface area contributed by atoms with Gasteiger partial charge in [0.25, 0.3) is 0 Å². The predicted octanol–water partition coefficient (Wildman–Crippen LogP) is 3.21. The summed E-state index contributed by atoms with van der Waals surface area (Å²) in [5, 5.41) is 6.62. The van der Waals surface area contributed by atoms with Crippen molar-refractivity contribution >= 4 is 16.9 Å². The highest BCUT2D eigenvalue weighted by atomic mass is 16.1. The number of imidazole rings is 1. The van der Waals surface area contributed by atoms with Crippen molar-refractivity contribution in [1.29, 1.82) is 0 Å². The van der Waals surface area contributed by atoms with E-state index in [1.807, 2.05) is 36.4 Å². The zero-order chi connectivity index (χ0) is 18.6. The molecule has 2 atom stereocenters. The van der Waals surface area contributed by atoms with Crippen LogP contribution in [-0.2, 0) is 11.2 Å². The van der Waals surface area contributed by atoms with Crippen LogP contribution < -0.4 is 10.6 Å². The second-order valence-corrected chi connectivity index (χ2v) is 7.33. The first kappa shape index (κ1) is 17.7. The molecule has 2 heterocycles. The van der Waals surface area contributed by atoms with Gasteiger partial charge in [0.2, 0.25) is 5.91 Å². The SMILES string of the molecule is CC1CC(NC(=O)CCc2nc3ccccc3n2-c2ccccc2)CCN1. The van der Waals surface area contributed by atoms with Crippen molar-refractivity contribution in [2.24, 2.45) is 0 Å². The number of nitrogens with zero attached hydrogens (tertiary/aromatic N) is 2. The topological polar surface area (TPSA) is 59.0 Å². The molecule has 0 radical (unpaired) electrons. The van der Waals surface area contributed by atoms with Gasteiger partial charge in [-0.25, -0.2) is 4.98 Å². The number of hydrogen-bond acceptors (Lipinski definition) is 3. The van der Waals surface area contributed by atoms with Gasteiger partial charge in [0, 0.05) is 30.6 Å². The lowest BCUT2D eigenvalue weighted by atomic mass is 10.0. The summed E-state index contributed by atoms with van der Waals surface area (Å²) in [4.78, 5) is 17.3. The summed E-state index contributed by atoms with van der Waals surface area (Å²) in [6, 6.07) is 19.1. The molecule has 1 amide bonds. The van der Waals surface area contributed by atoms with Crippen molar-refractivity contribution in [2.45, 2.75) is 44.7 Å². The van der Waals surface area contributed by atoms with E-state index in [4.69, 9.17) is 4.98 Å². The van der Waals surface area contributed by atoms with Crippen LogP contribution in [0.5, 0.6) is 0 Å². The van der Waals surface area contributed by atoms with Crippen LogP contribution in [0.1, 0.15) is 32.0 Å². The number of carbonyl (C=O) groups excluding carboxylic acids is 1. The highest BCUT2D eigenvalue weighted by Crippen LogP contribution is 2.22. The summed E-state index contributed by atoms with van der Waals surface area (Å²) in [6.07, 6.45) is 3.07. The number of nitrogens with one attached hydrogen (secondary N) is 2. The van der Waals surface area contributed by atoms with Crippen LogP contribution in [0.15, 0.2) is 54.6 Å². The molecule has 0 aliphatic carbocycles. The number of aromatic nitrogens is 2. The average molecular weight is 362 g/mol. The Labute approximate surface area is 159 Å². The maximum atomic E-state index is 12.5.